The highest BCUT2D eigenvalue weighted by molar-refractivity contribution is 6.02. The fourth-order valence-electron chi connectivity index (χ4n) is 3.25. The number of ketones is 1. The number of carbonyl (C=O) groups excluding carboxylic acids is 1. The van der Waals surface area contributed by atoms with Gasteiger partial charge in [0.25, 0.3) is 5.56 Å². The lowest BCUT2D eigenvalue weighted by Gasteiger charge is -2.16. The van der Waals surface area contributed by atoms with Crippen molar-refractivity contribution in [2.45, 2.75) is 20.0 Å². The average molecular weight is 426 g/mol. The molecule has 9 heteroatoms. The van der Waals surface area contributed by atoms with E-state index in [1.165, 1.54) is 29.9 Å². The molecular weight excluding hydrogens is 403 g/mol. The number of halogens is 1. The maximum atomic E-state index is 13.4. The smallest absolute Gasteiger partial charge is 0.332 e. The summed E-state index contributed by atoms with van der Waals surface area (Å²) in [5.74, 6) is -1.07. The number of carbonyl (C=O) groups is 1. The first kappa shape index (κ1) is 21.8. The van der Waals surface area contributed by atoms with Gasteiger partial charge in [-0.3, -0.25) is 18.7 Å². The second-order valence-electron chi connectivity index (χ2n) is 6.79. The van der Waals surface area contributed by atoms with E-state index in [1.54, 1.807) is 6.92 Å². The second-order valence-corrected chi connectivity index (χ2v) is 6.79. The number of anilines is 2. The fourth-order valence-corrected chi connectivity index (χ4v) is 3.25. The van der Waals surface area contributed by atoms with Crippen LogP contribution in [0, 0.1) is 5.82 Å². The Labute approximate surface area is 177 Å². The van der Waals surface area contributed by atoms with Gasteiger partial charge in [0.1, 0.15) is 22.9 Å². The lowest BCUT2D eigenvalue weighted by Crippen LogP contribution is -2.44. The lowest BCUT2D eigenvalue weighted by atomic mass is 10.1. The van der Waals surface area contributed by atoms with Crippen LogP contribution in [0.1, 0.15) is 22.8 Å². The summed E-state index contributed by atoms with van der Waals surface area (Å²) in [6.45, 7) is 1.55. The first-order valence-corrected chi connectivity index (χ1v) is 9.65. The predicted molar refractivity (Wildman–Crippen MR) is 116 cm³/mol. The van der Waals surface area contributed by atoms with Gasteiger partial charge in [-0.05, 0) is 24.6 Å². The quantitative estimate of drug-likeness (QED) is 0.534. The molecule has 0 spiro atoms. The summed E-state index contributed by atoms with van der Waals surface area (Å²) in [4.78, 5) is 38.5. The van der Waals surface area contributed by atoms with Crippen molar-refractivity contribution in [2.75, 3.05) is 24.7 Å². The van der Waals surface area contributed by atoms with Crippen molar-refractivity contribution in [2.24, 2.45) is 0 Å². The summed E-state index contributed by atoms with van der Waals surface area (Å²) in [6.07, 6.45) is 0. The van der Waals surface area contributed by atoms with Crippen molar-refractivity contribution >= 4 is 17.3 Å². The maximum Gasteiger partial charge on any atom is 0.332 e. The molecule has 3 N–H and O–H groups in total. The van der Waals surface area contributed by atoms with E-state index in [-0.39, 0.29) is 36.8 Å². The van der Waals surface area contributed by atoms with Crippen LogP contribution in [-0.2, 0) is 13.1 Å². The molecule has 3 rings (SSSR count). The molecule has 0 unspecified atom stereocenters. The Bertz CT molecular complexity index is 1220. The van der Waals surface area contributed by atoms with Crippen molar-refractivity contribution in [1.82, 2.24) is 9.13 Å². The largest absolute Gasteiger partial charge is 0.494 e. The number of nitrogens with one attached hydrogen (secondary N) is 1. The zero-order valence-electron chi connectivity index (χ0n) is 17.2. The van der Waals surface area contributed by atoms with E-state index in [0.29, 0.717) is 5.69 Å². The fraction of sp³-hybridized carbons (Fsp3) is 0.227. The van der Waals surface area contributed by atoms with Gasteiger partial charge < -0.3 is 15.8 Å². The van der Waals surface area contributed by atoms with E-state index in [2.05, 4.69) is 5.32 Å². The second kappa shape index (κ2) is 9.29. The standard InChI is InChI=1S/C22H23FN4O4/c1-3-26-21(29)19(17(28)12-25-16-10-9-15(23)11-18(16)31-2)20(24)27(22(26)30)13-14-7-5-4-6-8-14/h4-11,25H,3,12-13,24H2,1-2H3. The van der Waals surface area contributed by atoms with E-state index < -0.39 is 22.8 Å². The van der Waals surface area contributed by atoms with Gasteiger partial charge in [0.15, 0.2) is 5.78 Å². The molecule has 0 aliphatic carbocycles. The first-order valence-electron chi connectivity index (χ1n) is 9.65. The Hall–Kier alpha value is -3.88. The number of hydrogen-bond donors (Lipinski definition) is 2. The molecule has 0 atom stereocenters. The number of aromatic nitrogens is 2. The van der Waals surface area contributed by atoms with Gasteiger partial charge in [0.2, 0.25) is 0 Å². The van der Waals surface area contributed by atoms with Crippen molar-refractivity contribution in [3.63, 3.8) is 0 Å². The maximum absolute atomic E-state index is 13.4. The highest BCUT2D eigenvalue weighted by Gasteiger charge is 2.22. The van der Waals surface area contributed by atoms with Crippen LogP contribution >= 0.6 is 0 Å². The van der Waals surface area contributed by atoms with Crippen LogP contribution in [0.5, 0.6) is 5.75 Å². The minimum atomic E-state index is -0.743. The average Bonchev–Trinajstić information content (AvgIpc) is 2.76. The van der Waals surface area contributed by atoms with Gasteiger partial charge in [-0.15, -0.1) is 0 Å². The number of nitrogens with zero attached hydrogens (tertiary/aromatic N) is 2. The first-order chi connectivity index (χ1) is 14.9. The molecule has 0 saturated carbocycles. The Kier molecular flexibility index (Phi) is 6.54. The van der Waals surface area contributed by atoms with Gasteiger partial charge in [-0.25, -0.2) is 9.18 Å². The van der Waals surface area contributed by atoms with Crippen molar-refractivity contribution < 1.29 is 13.9 Å². The van der Waals surface area contributed by atoms with E-state index in [9.17, 15) is 18.8 Å². The van der Waals surface area contributed by atoms with Crippen molar-refractivity contribution in [3.8, 4) is 5.75 Å². The molecule has 3 aromatic rings. The monoisotopic (exact) mass is 426 g/mol. The number of methoxy groups -OCH3 is 1. The van der Waals surface area contributed by atoms with Crippen LogP contribution in [0.15, 0.2) is 58.1 Å². The molecule has 0 saturated heterocycles. The topological polar surface area (TPSA) is 108 Å². The normalized spacial score (nSPS) is 10.7. The van der Waals surface area contributed by atoms with Gasteiger partial charge in [-0.1, -0.05) is 30.3 Å². The summed E-state index contributed by atoms with van der Waals surface area (Å²) in [6, 6.07) is 12.9. The highest BCUT2D eigenvalue weighted by atomic mass is 19.1. The number of nitrogen functional groups attached to an aromatic ring is 1. The lowest BCUT2D eigenvalue weighted by molar-refractivity contribution is 0.100. The van der Waals surface area contributed by atoms with Crippen LogP contribution in [0.3, 0.4) is 0 Å². The minimum Gasteiger partial charge on any atom is -0.494 e. The Morgan fingerprint density at radius 3 is 2.48 bits per heavy atom. The molecule has 0 aliphatic heterocycles. The molecular formula is C22H23FN4O4. The van der Waals surface area contributed by atoms with E-state index >= 15 is 0 Å². The minimum absolute atomic E-state index is 0.0895. The molecule has 0 fully saturated rings. The zero-order valence-corrected chi connectivity index (χ0v) is 17.2. The number of nitrogens with two attached hydrogens (primary N) is 1. The Morgan fingerprint density at radius 1 is 1.13 bits per heavy atom. The third-order valence-electron chi connectivity index (χ3n) is 4.85. The number of hydrogen-bond acceptors (Lipinski definition) is 6. The SMILES string of the molecule is CCn1c(=O)c(C(=O)CNc2ccc(F)cc2OC)c(N)n(Cc2ccccc2)c1=O. The number of benzene rings is 2. The molecule has 8 nitrogen and oxygen atoms in total. The van der Waals surface area contributed by atoms with Crippen molar-refractivity contribution in [1.29, 1.82) is 0 Å². The van der Waals surface area contributed by atoms with Crippen LogP contribution in [0.2, 0.25) is 0 Å². The Morgan fingerprint density at radius 2 is 1.84 bits per heavy atom. The van der Waals surface area contributed by atoms with E-state index in [4.69, 9.17) is 10.5 Å². The molecule has 162 valence electrons. The summed E-state index contributed by atoms with van der Waals surface area (Å²) in [5, 5.41) is 2.83. The summed E-state index contributed by atoms with van der Waals surface area (Å²) >= 11 is 0. The zero-order chi connectivity index (χ0) is 22.5. The molecule has 31 heavy (non-hydrogen) atoms. The summed E-state index contributed by atoms with van der Waals surface area (Å²) in [5.41, 5.74) is 5.70. The third-order valence-corrected chi connectivity index (χ3v) is 4.85. The van der Waals surface area contributed by atoms with Gasteiger partial charge >= 0.3 is 5.69 Å². The van der Waals surface area contributed by atoms with Gasteiger partial charge in [0.05, 0.1) is 25.9 Å². The molecule has 0 bridgehead atoms. The number of rotatable bonds is 8. The number of ether oxygens (including phenoxy) is 1. The van der Waals surface area contributed by atoms with Gasteiger partial charge in [0, 0.05) is 12.6 Å². The molecule has 1 heterocycles. The van der Waals surface area contributed by atoms with E-state index in [0.717, 1.165) is 10.1 Å². The summed E-state index contributed by atoms with van der Waals surface area (Å²) in [7, 11) is 1.37. The highest BCUT2D eigenvalue weighted by Crippen LogP contribution is 2.24. The van der Waals surface area contributed by atoms with Gasteiger partial charge in [-0.2, -0.15) is 0 Å². The molecule has 0 amide bonds. The molecule has 2 aromatic carbocycles. The van der Waals surface area contributed by atoms with Crippen LogP contribution in [0.25, 0.3) is 0 Å². The van der Waals surface area contributed by atoms with E-state index in [1.807, 2.05) is 30.3 Å². The van der Waals surface area contributed by atoms with Crippen LogP contribution in [-0.4, -0.2) is 28.6 Å². The third kappa shape index (κ3) is 4.50. The Balaban J connectivity index is 1.98. The predicted octanol–water partition coefficient (Wildman–Crippen LogP) is 2.10. The number of Topliss-reactive ketones (excluding diaryl/α,β-unsaturated/α-hetero) is 1. The molecule has 0 aliphatic rings. The van der Waals surface area contributed by atoms with Crippen LogP contribution in [0.4, 0.5) is 15.9 Å². The molecule has 0 radical (unpaired) electrons. The van der Waals surface area contributed by atoms with Crippen LogP contribution < -0.4 is 27.0 Å². The molecule has 1 aromatic heterocycles. The van der Waals surface area contributed by atoms with Crippen molar-refractivity contribution in [3.05, 3.63) is 86.3 Å². The summed E-state index contributed by atoms with van der Waals surface area (Å²) < 4.78 is 20.7.